The molecule has 1 unspecified atom stereocenters. The molecular formula is C15H26N2O. The number of hydrogen-bond donors (Lipinski definition) is 1. The van der Waals surface area contributed by atoms with Crippen LogP contribution in [0, 0.1) is 6.92 Å². The number of furan rings is 1. The fourth-order valence-electron chi connectivity index (χ4n) is 2.99. The van der Waals surface area contributed by atoms with E-state index < -0.39 is 0 Å². The van der Waals surface area contributed by atoms with Gasteiger partial charge in [-0.25, -0.2) is 0 Å². The summed E-state index contributed by atoms with van der Waals surface area (Å²) in [6.07, 6.45) is 6.68. The minimum absolute atomic E-state index is 0.499. The number of nitrogens with zero attached hydrogens (tertiary/aromatic N) is 1. The van der Waals surface area contributed by atoms with Crippen LogP contribution >= 0.6 is 0 Å². The van der Waals surface area contributed by atoms with Gasteiger partial charge in [0.25, 0.3) is 0 Å². The average Bonchev–Trinajstić information content (AvgIpc) is 2.73. The Hall–Kier alpha value is -0.800. The number of piperidine rings is 1. The fraction of sp³-hybridized carbons (Fsp3) is 0.733. The van der Waals surface area contributed by atoms with Gasteiger partial charge < -0.3 is 10.2 Å². The van der Waals surface area contributed by atoms with Crippen LogP contribution in [0.4, 0.5) is 0 Å². The highest BCUT2D eigenvalue weighted by Gasteiger charge is 2.22. The van der Waals surface area contributed by atoms with Crippen LogP contribution < -0.4 is 5.73 Å². The van der Waals surface area contributed by atoms with Gasteiger partial charge in [0.05, 0.1) is 6.54 Å². The molecule has 1 aliphatic rings. The summed E-state index contributed by atoms with van der Waals surface area (Å²) in [7, 11) is 0. The Morgan fingerprint density at radius 3 is 2.94 bits per heavy atom. The Labute approximate surface area is 110 Å². The highest BCUT2D eigenvalue weighted by Crippen LogP contribution is 2.25. The predicted octanol–water partition coefficient (Wildman–Crippen LogP) is 3.20. The smallest absolute Gasteiger partial charge is 0.118 e. The van der Waals surface area contributed by atoms with Crippen LogP contribution in [-0.4, -0.2) is 17.5 Å². The van der Waals surface area contributed by atoms with Crippen LogP contribution in [0.5, 0.6) is 0 Å². The summed E-state index contributed by atoms with van der Waals surface area (Å²) >= 11 is 0. The van der Waals surface area contributed by atoms with Crippen molar-refractivity contribution in [2.24, 2.45) is 5.73 Å². The Bertz CT molecular complexity index is 371. The SMILES string of the molecule is CCCC1CCCCN1Cc1cc(CN)oc1C. The molecule has 0 aromatic carbocycles. The van der Waals surface area contributed by atoms with Crippen molar-refractivity contribution in [1.82, 2.24) is 4.90 Å². The molecule has 2 rings (SSSR count). The lowest BCUT2D eigenvalue weighted by molar-refractivity contribution is 0.131. The lowest BCUT2D eigenvalue weighted by atomic mass is 9.97. The van der Waals surface area contributed by atoms with Gasteiger partial charge in [-0.1, -0.05) is 19.8 Å². The van der Waals surface area contributed by atoms with E-state index in [1.54, 1.807) is 0 Å². The summed E-state index contributed by atoms with van der Waals surface area (Å²) in [5.41, 5.74) is 6.95. The Kier molecular flexibility index (Phi) is 4.84. The predicted molar refractivity (Wildman–Crippen MR) is 74.3 cm³/mol. The van der Waals surface area contributed by atoms with Gasteiger partial charge in [-0.3, -0.25) is 4.90 Å². The van der Waals surface area contributed by atoms with Crippen LogP contribution in [-0.2, 0) is 13.1 Å². The third kappa shape index (κ3) is 3.15. The first-order valence-electron chi connectivity index (χ1n) is 7.27. The maximum atomic E-state index is 5.65. The summed E-state index contributed by atoms with van der Waals surface area (Å²) in [4.78, 5) is 2.63. The molecule has 102 valence electrons. The maximum Gasteiger partial charge on any atom is 0.118 e. The molecule has 3 heteroatoms. The van der Waals surface area contributed by atoms with E-state index in [0.29, 0.717) is 6.54 Å². The summed E-state index contributed by atoms with van der Waals surface area (Å²) < 4.78 is 5.65. The minimum atomic E-state index is 0.499. The van der Waals surface area contributed by atoms with E-state index in [1.807, 2.05) is 6.92 Å². The molecule has 0 aliphatic carbocycles. The van der Waals surface area contributed by atoms with Crippen molar-refractivity contribution in [2.45, 2.75) is 65.1 Å². The molecule has 1 saturated heterocycles. The first-order chi connectivity index (χ1) is 8.74. The number of rotatable bonds is 5. The van der Waals surface area contributed by atoms with Crippen molar-refractivity contribution >= 4 is 0 Å². The molecule has 3 nitrogen and oxygen atoms in total. The second-order valence-corrected chi connectivity index (χ2v) is 5.41. The standard InChI is InChI=1S/C15H26N2O/c1-3-6-14-7-4-5-8-17(14)11-13-9-15(10-16)18-12(13)2/h9,14H,3-8,10-11,16H2,1-2H3. The van der Waals surface area contributed by atoms with Crippen LogP contribution in [0.1, 0.15) is 56.1 Å². The molecule has 2 N–H and O–H groups in total. The number of hydrogen-bond acceptors (Lipinski definition) is 3. The number of aryl methyl sites for hydroxylation is 1. The molecule has 0 amide bonds. The zero-order chi connectivity index (χ0) is 13.0. The first kappa shape index (κ1) is 13.6. The molecule has 2 heterocycles. The van der Waals surface area contributed by atoms with Crippen molar-refractivity contribution < 1.29 is 4.42 Å². The molecule has 18 heavy (non-hydrogen) atoms. The average molecular weight is 250 g/mol. The van der Waals surface area contributed by atoms with Gasteiger partial charge in [0.15, 0.2) is 0 Å². The fourth-order valence-corrected chi connectivity index (χ4v) is 2.99. The molecule has 0 radical (unpaired) electrons. The first-order valence-corrected chi connectivity index (χ1v) is 7.27. The van der Waals surface area contributed by atoms with Crippen LogP contribution in [0.15, 0.2) is 10.5 Å². The highest BCUT2D eigenvalue weighted by atomic mass is 16.3. The van der Waals surface area contributed by atoms with Crippen molar-refractivity contribution in [3.63, 3.8) is 0 Å². The van der Waals surface area contributed by atoms with E-state index in [9.17, 15) is 0 Å². The maximum absolute atomic E-state index is 5.65. The quantitative estimate of drug-likeness (QED) is 0.872. The molecule has 1 aliphatic heterocycles. The minimum Gasteiger partial charge on any atom is -0.465 e. The number of nitrogens with two attached hydrogens (primary N) is 1. The van der Waals surface area contributed by atoms with E-state index in [2.05, 4.69) is 17.9 Å². The van der Waals surface area contributed by atoms with E-state index in [-0.39, 0.29) is 0 Å². The topological polar surface area (TPSA) is 42.4 Å². The van der Waals surface area contributed by atoms with E-state index in [4.69, 9.17) is 10.2 Å². The van der Waals surface area contributed by atoms with Crippen LogP contribution in [0.25, 0.3) is 0 Å². The zero-order valence-electron chi connectivity index (χ0n) is 11.7. The van der Waals surface area contributed by atoms with Gasteiger partial charge in [0.1, 0.15) is 11.5 Å². The van der Waals surface area contributed by atoms with E-state index in [1.165, 1.54) is 44.2 Å². The van der Waals surface area contributed by atoms with Crippen molar-refractivity contribution in [3.05, 3.63) is 23.2 Å². The molecule has 0 bridgehead atoms. The van der Waals surface area contributed by atoms with Gasteiger partial charge in [0, 0.05) is 18.2 Å². The largest absolute Gasteiger partial charge is 0.465 e. The molecule has 0 spiro atoms. The Morgan fingerprint density at radius 1 is 1.44 bits per heavy atom. The summed E-state index contributed by atoms with van der Waals surface area (Å²) in [6, 6.07) is 2.90. The van der Waals surface area contributed by atoms with Gasteiger partial charge in [-0.2, -0.15) is 0 Å². The monoisotopic (exact) mass is 250 g/mol. The molecule has 1 aromatic rings. The Morgan fingerprint density at radius 2 is 2.28 bits per heavy atom. The van der Waals surface area contributed by atoms with Crippen LogP contribution in [0.3, 0.4) is 0 Å². The molecule has 1 atom stereocenters. The summed E-state index contributed by atoms with van der Waals surface area (Å²) in [6.45, 7) is 7.09. The molecular weight excluding hydrogens is 224 g/mol. The van der Waals surface area contributed by atoms with E-state index in [0.717, 1.165) is 24.1 Å². The molecule has 1 aromatic heterocycles. The van der Waals surface area contributed by atoms with Crippen LogP contribution in [0.2, 0.25) is 0 Å². The van der Waals surface area contributed by atoms with Gasteiger partial charge in [-0.05, 0) is 38.8 Å². The van der Waals surface area contributed by atoms with Gasteiger partial charge in [0.2, 0.25) is 0 Å². The zero-order valence-corrected chi connectivity index (χ0v) is 11.7. The third-order valence-corrected chi connectivity index (χ3v) is 4.02. The lowest BCUT2D eigenvalue weighted by Crippen LogP contribution is -2.38. The van der Waals surface area contributed by atoms with Gasteiger partial charge >= 0.3 is 0 Å². The second-order valence-electron chi connectivity index (χ2n) is 5.41. The third-order valence-electron chi connectivity index (χ3n) is 4.02. The normalized spacial score (nSPS) is 21.4. The molecule has 0 saturated carbocycles. The van der Waals surface area contributed by atoms with Crippen molar-refractivity contribution in [3.8, 4) is 0 Å². The van der Waals surface area contributed by atoms with Crippen molar-refractivity contribution in [1.29, 1.82) is 0 Å². The molecule has 1 fully saturated rings. The van der Waals surface area contributed by atoms with Gasteiger partial charge in [-0.15, -0.1) is 0 Å². The Balaban J connectivity index is 2.03. The number of likely N-dealkylation sites (tertiary alicyclic amines) is 1. The summed E-state index contributed by atoms with van der Waals surface area (Å²) in [5, 5.41) is 0. The van der Waals surface area contributed by atoms with E-state index >= 15 is 0 Å². The lowest BCUT2D eigenvalue weighted by Gasteiger charge is -2.35. The summed E-state index contributed by atoms with van der Waals surface area (Å²) in [5.74, 6) is 1.95. The second kappa shape index (κ2) is 6.39. The highest BCUT2D eigenvalue weighted by molar-refractivity contribution is 5.20. The van der Waals surface area contributed by atoms with Crippen molar-refractivity contribution in [2.75, 3.05) is 6.54 Å².